The van der Waals surface area contributed by atoms with E-state index in [0.29, 0.717) is 5.75 Å². The van der Waals surface area contributed by atoms with Crippen molar-refractivity contribution < 1.29 is 9.53 Å². The summed E-state index contributed by atoms with van der Waals surface area (Å²) in [6.07, 6.45) is 4.05. The van der Waals surface area contributed by atoms with E-state index >= 15 is 0 Å². The molecule has 0 bridgehead atoms. The van der Waals surface area contributed by atoms with Gasteiger partial charge in [-0.2, -0.15) is 0 Å². The number of carbonyl (C=O) groups excluding carboxylic acids is 1. The molecule has 1 aromatic rings. The highest BCUT2D eigenvalue weighted by molar-refractivity contribution is 7.95. The highest BCUT2D eigenvalue weighted by Gasteiger charge is 2.22. The molecule has 0 spiro atoms. The van der Waals surface area contributed by atoms with Crippen molar-refractivity contribution in [3.05, 3.63) is 24.3 Å². The van der Waals surface area contributed by atoms with E-state index in [-0.39, 0.29) is 29.1 Å². The van der Waals surface area contributed by atoms with Gasteiger partial charge in [-0.3, -0.25) is 0 Å². The average molecular weight is 282 g/mol. The smallest absolute Gasteiger partial charge is 0.410 e. The van der Waals surface area contributed by atoms with Crippen molar-refractivity contribution in [3.8, 4) is 5.75 Å². The van der Waals surface area contributed by atoms with Gasteiger partial charge in [-0.15, -0.1) is 0 Å². The summed E-state index contributed by atoms with van der Waals surface area (Å²) in [5.74, 6) is 0.602. The average Bonchev–Trinajstić information content (AvgIpc) is 2.28. The van der Waals surface area contributed by atoms with Crippen molar-refractivity contribution in [3.63, 3.8) is 0 Å². The third-order valence-corrected chi connectivity index (χ3v) is 4.04. The number of ether oxygens (including phenoxy) is 1. The third-order valence-electron chi connectivity index (χ3n) is 2.82. The van der Waals surface area contributed by atoms with Crippen LogP contribution in [0.1, 0.15) is 27.7 Å². The molecule has 4 heteroatoms. The van der Waals surface area contributed by atoms with Crippen LogP contribution in [0.15, 0.2) is 29.2 Å². The van der Waals surface area contributed by atoms with E-state index in [1.165, 1.54) is 4.90 Å². The molecule has 0 unspecified atom stereocenters. The Hall–Kier alpha value is -1.16. The molecule has 0 saturated carbocycles. The minimum atomic E-state index is -0.287. The fourth-order valence-electron chi connectivity index (χ4n) is 1.95. The van der Waals surface area contributed by atoms with Gasteiger partial charge in [-0.25, -0.2) is 4.79 Å². The minimum absolute atomic E-state index is 0.129. The topological polar surface area (TPSA) is 29.5 Å². The fourth-order valence-corrected chi connectivity index (χ4v) is 2.63. The Morgan fingerprint density at radius 2 is 1.53 bits per heavy atom. The predicted molar refractivity (Wildman–Crippen MR) is 82.1 cm³/mol. The lowest BCUT2D eigenvalue weighted by Crippen LogP contribution is -2.43. The summed E-state index contributed by atoms with van der Waals surface area (Å²) >= 11 is 0. The molecule has 106 valence electrons. The number of nitrogens with zero attached hydrogens (tertiary/aromatic N) is 1. The van der Waals surface area contributed by atoms with Crippen molar-refractivity contribution >= 4 is 17.0 Å². The Kier molecular flexibility index (Phi) is 5.73. The molecule has 0 radical (unpaired) electrons. The van der Waals surface area contributed by atoms with Crippen molar-refractivity contribution in [2.45, 2.75) is 44.7 Å². The predicted octanol–water partition coefficient (Wildman–Crippen LogP) is 3.54. The van der Waals surface area contributed by atoms with Gasteiger partial charge in [0.2, 0.25) is 0 Å². The zero-order valence-electron chi connectivity index (χ0n) is 12.6. The summed E-state index contributed by atoms with van der Waals surface area (Å²) in [5, 5.41) is 0. The Bertz CT molecular complexity index is 405. The molecule has 0 atom stereocenters. The number of hydrogen-bond donors (Lipinski definition) is 0. The van der Waals surface area contributed by atoms with Gasteiger partial charge in [0.15, 0.2) is 4.90 Å². The minimum Gasteiger partial charge on any atom is -0.410 e. The van der Waals surface area contributed by atoms with Gasteiger partial charge >= 0.3 is 6.09 Å². The Labute approximate surface area is 119 Å². The summed E-state index contributed by atoms with van der Waals surface area (Å²) in [4.78, 5) is 15.1. The van der Waals surface area contributed by atoms with Crippen LogP contribution in [-0.4, -0.2) is 35.6 Å². The zero-order valence-corrected chi connectivity index (χ0v) is 13.5. The molecule has 0 heterocycles. The number of amides is 1. The quantitative estimate of drug-likeness (QED) is 0.791. The molecular weight excluding hydrogens is 258 g/mol. The van der Waals surface area contributed by atoms with Crippen LogP contribution < -0.4 is 4.74 Å². The van der Waals surface area contributed by atoms with Crippen LogP contribution in [0, 0.1) is 0 Å². The SMILES string of the molecule is CC(C)N(C(=O)Oc1ccc([S+](C)C)cc1)C(C)C. The van der Waals surface area contributed by atoms with Crippen LogP contribution in [0.4, 0.5) is 4.79 Å². The number of hydrogen-bond acceptors (Lipinski definition) is 2. The van der Waals surface area contributed by atoms with Crippen LogP contribution >= 0.6 is 0 Å². The van der Waals surface area contributed by atoms with Gasteiger partial charge in [-0.05, 0) is 52.0 Å². The first-order valence-electron chi connectivity index (χ1n) is 6.50. The maximum absolute atomic E-state index is 12.1. The van der Waals surface area contributed by atoms with Gasteiger partial charge in [0.25, 0.3) is 0 Å². The third kappa shape index (κ3) is 4.46. The fraction of sp³-hybridized carbons (Fsp3) is 0.533. The summed E-state index contributed by atoms with van der Waals surface area (Å²) in [7, 11) is 0.226. The van der Waals surface area contributed by atoms with E-state index in [1.54, 1.807) is 4.90 Å². The molecule has 1 amide bonds. The maximum Gasteiger partial charge on any atom is 0.415 e. The van der Waals surface area contributed by atoms with E-state index in [4.69, 9.17) is 4.74 Å². The largest absolute Gasteiger partial charge is 0.415 e. The first-order chi connectivity index (χ1) is 8.82. The van der Waals surface area contributed by atoms with E-state index in [9.17, 15) is 4.79 Å². The second-order valence-electron chi connectivity index (χ2n) is 5.25. The van der Waals surface area contributed by atoms with Gasteiger partial charge in [0.05, 0.1) is 0 Å². The van der Waals surface area contributed by atoms with Crippen molar-refractivity contribution in [1.82, 2.24) is 4.90 Å². The molecule has 0 aromatic heterocycles. The lowest BCUT2D eigenvalue weighted by Gasteiger charge is -2.29. The van der Waals surface area contributed by atoms with Crippen LogP contribution in [0.2, 0.25) is 0 Å². The second kappa shape index (κ2) is 6.85. The van der Waals surface area contributed by atoms with E-state index < -0.39 is 0 Å². The second-order valence-corrected chi connectivity index (χ2v) is 7.36. The Morgan fingerprint density at radius 3 is 1.89 bits per heavy atom. The van der Waals surface area contributed by atoms with E-state index in [1.807, 2.05) is 52.0 Å². The summed E-state index contributed by atoms with van der Waals surface area (Å²) in [6, 6.07) is 8.01. The lowest BCUT2D eigenvalue weighted by atomic mass is 10.2. The Balaban J connectivity index is 2.75. The highest BCUT2D eigenvalue weighted by Crippen LogP contribution is 2.18. The maximum atomic E-state index is 12.1. The summed E-state index contributed by atoms with van der Waals surface area (Å²) in [6.45, 7) is 7.96. The van der Waals surface area contributed by atoms with Gasteiger partial charge in [-0.1, -0.05) is 0 Å². The molecular formula is C15H24NO2S+. The molecule has 19 heavy (non-hydrogen) atoms. The number of benzene rings is 1. The van der Waals surface area contributed by atoms with E-state index in [2.05, 4.69) is 12.5 Å². The van der Waals surface area contributed by atoms with Gasteiger partial charge in [0, 0.05) is 23.0 Å². The first-order valence-corrected chi connectivity index (χ1v) is 8.55. The molecule has 1 aromatic carbocycles. The van der Waals surface area contributed by atoms with Crippen molar-refractivity contribution in [2.24, 2.45) is 0 Å². The Morgan fingerprint density at radius 1 is 1.05 bits per heavy atom. The van der Waals surface area contributed by atoms with Crippen LogP contribution in [0.3, 0.4) is 0 Å². The number of rotatable bonds is 4. The molecule has 0 aliphatic carbocycles. The molecule has 0 aliphatic rings. The van der Waals surface area contributed by atoms with Crippen LogP contribution in [-0.2, 0) is 10.9 Å². The lowest BCUT2D eigenvalue weighted by molar-refractivity contribution is 0.122. The van der Waals surface area contributed by atoms with Crippen molar-refractivity contribution in [1.29, 1.82) is 0 Å². The molecule has 1 rings (SSSR count). The molecule has 0 fully saturated rings. The first kappa shape index (κ1) is 15.9. The van der Waals surface area contributed by atoms with Crippen LogP contribution in [0.5, 0.6) is 5.75 Å². The standard InChI is InChI=1S/C15H24NO2S/c1-11(2)16(12(3)4)15(17)18-13-7-9-14(10-8-13)19(5)6/h7-12H,1-6H3/q+1. The summed E-state index contributed by atoms with van der Waals surface area (Å²) < 4.78 is 5.42. The van der Waals surface area contributed by atoms with Crippen molar-refractivity contribution in [2.75, 3.05) is 12.5 Å². The van der Waals surface area contributed by atoms with Crippen LogP contribution in [0.25, 0.3) is 0 Å². The number of carbonyl (C=O) groups is 1. The zero-order chi connectivity index (χ0) is 14.6. The molecule has 0 saturated heterocycles. The molecule has 0 aliphatic heterocycles. The van der Waals surface area contributed by atoms with Gasteiger partial charge in [0.1, 0.15) is 18.3 Å². The molecule has 3 nitrogen and oxygen atoms in total. The normalized spacial score (nSPS) is 11.2. The van der Waals surface area contributed by atoms with Gasteiger partial charge < -0.3 is 9.64 Å². The molecule has 0 N–H and O–H groups in total. The summed E-state index contributed by atoms with van der Waals surface area (Å²) in [5.41, 5.74) is 0. The monoisotopic (exact) mass is 282 g/mol. The highest BCUT2D eigenvalue weighted by atomic mass is 32.2. The van der Waals surface area contributed by atoms with E-state index in [0.717, 1.165) is 0 Å².